The van der Waals surface area contributed by atoms with Crippen LogP contribution in [0.3, 0.4) is 0 Å². The van der Waals surface area contributed by atoms with Crippen molar-refractivity contribution in [1.82, 2.24) is 0 Å². The van der Waals surface area contributed by atoms with Gasteiger partial charge in [0.2, 0.25) is 0 Å². The van der Waals surface area contributed by atoms with E-state index in [1.54, 1.807) is 6.92 Å². The summed E-state index contributed by atoms with van der Waals surface area (Å²) < 4.78 is 15.9. The van der Waals surface area contributed by atoms with Crippen LogP contribution in [-0.4, -0.2) is 38.1 Å². The van der Waals surface area contributed by atoms with E-state index in [1.165, 1.54) is 0 Å². The summed E-state index contributed by atoms with van der Waals surface area (Å²) in [7, 11) is 0. The number of nitrogens with two attached hydrogens (primary N) is 1. The Kier molecular flexibility index (Phi) is 11.0. The van der Waals surface area contributed by atoms with Crippen molar-refractivity contribution in [3.63, 3.8) is 0 Å². The third-order valence-corrected chi connectivity index (χ3v) is 2.41. The van der Waals surface area contributed by atoms with Crippen LogP contribution in [0, 0.1) is 0 Å². The normalized spacial score (nSPS) is 12.7. The summed E-state index contributed by atoms with van der Waals surface area (Å²) in [5.74, 6) is -0.476. The molecule has 1 atom stereocenters. The first kappa shape index (κ1) is 17.4. The maximum absolute atomic E-state index is 11.5. The van der Waals surface area contributed by atoms with Crippen LogP contribution in [0.2, 0.25) is 0 Å². The summed E-state index contributed by atoms with van der Waals surface area (Å²) in [6.45, 7) is 7.28. The van der Waals surface area contributed by atoms with Crippen molar-refractivity contribution < 1.29 is 19.0 Å². The fourth-order valence-corrected chi connectivity index (χ4v) is 1.29. The molecule has 0 aliphatic heterocycles. The fourth-order valence-electron chi connectivity index (χ4n) is 1.29. The minimum Gasteiger partial charge on any atom is -0.465 e. The second-order valence-corrected chi connectivity index (χ2v) is 4.09. The van der Waals surface area contributed by atoms with Gasteiger partial charge in [-0.1, -0.05) is 26.7 Å². The molecule has 0 bridgehead atoms. The number of carbonyl (C=O) groups is 1. The molecule has 0 spiro atoms. The summed E-state index contributed by atoms with van der Waals surface area (Å²) in [5, 5.41) is 0. The highest BCUT2D eigenvalue weighted by Gasteiger charge is 2.27. The summed E-state index contributed by atoms with van der Waals surface area (Å²) in [4.78, 5) is 11.5. The van der Waals surface area contributed by atoms with Crippen molar-refractivity contribution in [1.29, 1.82) is 0 Å². The molecule has 0 radical (unpaired) electrons. The monoisotopic (exact) mass is 261 g/mol. The lowest BCUT2D eigenvalue weighted by Gasteiger charge is -2.23. The molecule has 1 unspecified atom stereocenters. The van der Waals surface area contributed by atoms with Gasteiger partial charge in [0.05, 0.1) is 6.61 Å². The van der Waals surface area contributed by atoms with Gasteiger partial charge in [0.1, 0.15) is 0 Å². The predicted octanol–water partition coefficient (Wildman–Crippen LogP) is 1.84. The van der Waals surface area contributed by atoms with Crippen LogP contribution in [-0.2, 0) is 19.0 Å². The molecule has 2 N–H and O–H groups in total. The van der Waals surface area contributed by atoms with Crippen molar-refractivity contribution in [2.45, 2.75) is 58.8 Å². The van der Waals surface area contributed by atoms with E-state index in [0.29, 0.717) is 19.8 Å². The van der Waals surface area contributed by atoms with E-state index >= 15 is 0 Å². The zero-order valence-electron chi connectivity index (χ0n) is 11.8. The first-order valence-electron chi connectivity index (χ1n) is 6.82. The van der Waals surface area contributed by atoms with Gasteiger partial charge in [-0.05, 0) is 19.8 Å². The number of rotatable bonds is 11. The molecule has 5 heteroatoms. The zero-order chi connectivity index (χ0) is 13.8. The predicted molar refractivity (Wildman–Crippen MR) is 70.1 cm³/mol. The van der Waals surface area contributed by atoms with Crippen LogP contribution in [0.1, 0.15) is 46.5 Å². The molecule has 18 heavy (non-hydrogen) atoms. The van der Waals surface area contributed by atoms with E-state index in [9.17, 15) is 4.79 Å². The third kappa shape index (κ3) is 7.63. The Balaban J connectivity index is 4.19. The van der Waals surface area contributed by atoms with Crippen molar-refractivity contribution in [2.75, 3.05) is 19.8 Å². The van der Waals surface area contributed by atoms with Gasteiger partial charge in [0, 0.05) is 13.2 Å². The summed E-state index contributed by atoms with van der Waals surface area (Å²) >= 11 is 0. The van der Waals surface area contributed by atoms with Crippen LogP contribution >= 0.6 is 0 Å². The maximum atomic E-state index is 11.5. The van der Waals surface area contributed by atoms with Crippen LogP contribution in [0.5, 0.6) is 0 Å². The highest BCUT2D eigenvalue weighted by atomic mass is 16.7. The molecule has 0 rings (SSSR count). The Labute approximate surface area is 110 Å². The Hall–Kier alpha value is -0.650. The van der Waals surface area contributed by atoms with E-state index in [2.05, 4.69) is 13.8 Å². The second kappa shape index (κ2) is 11.4. The van der Waals surface area contributed by atoms with Gasteiger partial charge in [0.15, 0.2) is 12.3 Å². The lowest BCUT2D eigenvalue weighted by Crippen LogP contribution is -2.46. The third-order valence-electron chi connectivity index (χ3n) is 2.41. The minimum atomic E-state index is -0.876. The van der Waals surface area contributed by atoms with E-state index in [4.69, 9.17) is 19.9 Å². The molecule has 0 aromatic heterocycles. The van der Waals surface area contributed by atoms with Gasteiger partial charge in [0.25, 0.3) is 0 Å². The average molecular weight is 261 g/mol. The van der Waals surface area contributed by atoms with Crippen molar-refractivity contribution >= 4 is 5.97 Å². The largest absolute Gasteiger partial charge is 0.465 e. The number of hydrogen-bond acceptors (Lipinski definition) is 5. The van der Waals surface area contributed by atoms with E-state index in [1.807, 2.05) is 0 Å². The highest BCUT2D eigenvalue weighted by Crippen LogP contribution is 2.05. The Morgan fingerprint density at radius 3 is 1.94 bits per heavy atom. The number of ether oxygens (including phenoxy) is 3. The van der Waals surface area contributed by atoms with Crippen LogP contribution in [0.4, 0.5) is 0 Å². The maximum Gasteiger partial charge on any atom is 0.328 e. The smallest absolute Gasteiger partial charge is 0.328 e. The van der Waals surface area contributed by atoms with E-state index in [-0.39, 0.29) is 0 Å². The molecule has 0 amide bonds. The summed E-state index contributed by atoms with van der Waals surface area (Å²) in [6, 6.07) is -0.876. The summed E-state index contributed by atoms with van der Waals surface area (Å²) in [5.41, 5.74) is 5.79. The number of hydrogen-bond donors (Lipinski definition) is 1. The minimum absolute atomic E-state index is 0.309. The lowest BCUT2D eigenvalue weighted by molar-refractivity contribution is -0.178. The molecule has 0 aliphatic carbocycles. The highest BCUT2D eigenvalue weighted by molar-refractivity contribution is 5.75. The van der Waals surface area contributed by atoms with Gasteiger partial charge >= 0.3 is 5.97 Å². The van der Waals surface area contributed by atoms with Crippen LogP contribution in [0.25, 0.3) is 0 Å². The van der Waals surface area contributed by atoms with E-state index in [0.717, 1.165) is 25.7 Å². The first-order chi connectivity index (χ1) is 8.67. The molecule has 0 aromatic carbocycles. The molecular weight excluding hydrogens is 234 g/mol. The molecule has 0 saturated carbocycles. The summed E-state index contributed by atoms with van der Waals surface area (Å²) in [6.07, 6.45) is 3.18. The molecule has 0 aromatic rings. The van der Waals surface area contributed by atoms with E-state index < -0.39 is 18.3 Å². The molecule has 0 heterocycles. The topological polar surface area (TPSA) is 70.8 Å². The molecular formula is C13H27NO4. The number of carbonyl (C=O) groups excluding carboxylic acids is 1. The van der Waals surface area contributed by atoms with Crippen LogP contribution < -0.4 is 5.73 Å². The second-order valence-electron chi connectivity index (χ2n) is 4.09. The van der Waals surface area contributed by atoms with Crippen molar-refractivity contribution in [2.24, 2.45) is 5.73 Å². The molecule has 5 nitrogen and oxygen atoms in total. The van der Waals surface area contributed by atoms with Crippen molar-refractivity contribution in [3.8, 4) is 0 Å². The Morgan fingerprint density at radius 1 is 1.06 bits per heavy atom. The van der Waals surface area contributed by atoms with Crippen molar-refractivity contribution in [3.05, 3.63) is 0 Å². The molecule has 108 valence electrons. The molecule has 0 fully saturated rings. The van der Waals surface area contributed by atoms with Gasteiger partial charge in [-0.3, -0.25) is 4.79 Å². The van der Waals surface area contributed by atoms with Gasteiger partial charge in [-0.2, -0.15) is 0 Å². The van der Waals surface area contributed by atoms with Gasteiger partial charge in [-0.15, -0.1) is 0 Å². The molecule has 0 aliphatic rings. The zero-order valence-corrected chi connectivity index (χ0v) is 11.8. The first-order valence-corrected chi connectivity index (χ1v) is 6.82. The average Bonchev–Trinajstić information content (AvgIpc) is 2.37. The van der Waals surface area contributed by atoms with Gasteiger partial charge in [-0.25, -0.2) is 0 Å². The van der Waals surface area contributed by atoms with Crippen LogP contribution in [0.15, 0.2) is 0 Å². The number of esters is 1. The lowest BCUT2D eigenvalue weighted by atomic mass is 10.3. The fraction of sp³-hybridized carbons (Fsp3) is 0.923. The SMILES string of the molecule is CCCCOC(OCCCC)C(N)C(=O)OCC. The molecule has 0 saturated heterocycles. The van der Waals surface area contributed by atoms with Gasteiger partial charge < -0.3 is 19.9 Å². The standard InChI is InChI=1S/C13H27NO4/c1-4-7-9-17-13(18-10-8-5-2)11(14)12(15)16-6-3/h11,13H,4-10,14H2,1-3H3. The Bertz CT molecular complexity index is 201. The quantitative estimate of drug-likeness (QED) is 0.349. The Morgan fingerprint density at radius 2 is 1.56 bits per heavy atom. The number of unbranched alkanes of at least 4 members (excludes halogenated alkanes) is 2.